The normalized spacial score (nSPS) is 13.0. The molecule has 0 N–H and O–H groups in total. The number of halogens is 6. The van der Waals surface area contributed by atoms with Gasteiger partial charge in [0.1, 0.15) is 6.33 Å². The van der Waals surface area contributed by atoms with Crippen molar-refractivity contribution in [3.8, 4) is 11.4 Å². The van der Waals surface area contributed by atoms with E-state index in [1.54, 1.807) is 13.8 Å². The Morgan fingerprint density at radius 2 is 1.72 bits per heavy atom. The molecule has 2 heterocycles. The Kier molecular flexibility index (Phi) is 6.15. The van der Waals surface area contributed by atoms with Gasteiger partial charge in [0.05, 0.1) is 35.3 Å². The topological polar surface area (TPSA) is 70.2 Å². The Labute approximate surface area is 177 Å². The molecule has 32 heavy (non-hydrogen) atoms. The zero-order valence-corrected chi connectivity index (χ0v) is 16.5. The first kappa shape index (κ1) is 23.1. The highest BCUT2D eigenvalue weighted by atomic mass is 19.4. The second kappa shape index (κ2) is 8.52. The van der Waals surface area contributed by atoms with Crippen LogP contribution in [0.4, 0.5) is 26.3 Å². The number of nitrogens with zero attached hydrogens (tertiary/aromatic N) is 3. The molecule has 1 aromatic carbocycles. The highest BCUT2D eigenvalue weighted by molar-refractivity contribution is 6.20. The maximum Gasteiger partial charge on any atom is 0.416 e. The lowest BCUT2D eigenvalue weighted by molar-refractivity contribution is -0.143. The summed E-state index contributed by atoms with van der Waals surface area (Å²) >= 11 is 0. The molecule has 2 aromatic heterocycles. The number of hydrogen-bond acceptors (Lipinski definition) is 5. The molecule has 12 heteroatoms. The van der Waals surface area contributed by atoms with Crippen molar-refractivity contribution in [1.82, 2.24) is 14.8 Å². The number of rotatable bonds is 5. The number of hydrogen-bond donors (Lipinski definition) is 0. The van der Waals surface area contributed by atoms with E-state index in [9.17, 15) is 31.1 Å². The maximum absolute atomic E-state index is 13.1. The summed E-state index contributed by atoms with van der Waals surface area (Å²) in [6.45, 7) is 3.26. The fourth-order valence-corrected chi connectivity index (χ4v) is 2.63. The van der Waals surface area contributed by atoms with Crippen molar-refractivity contribution in [2.45, 2.75) is 32.3 Å². The van der Waals surface area contributed by atoms with Gasteiger partial charge >= 0.3 is 18.3 Å². The number of alkyl halides is 6. The minimum atomic E-state index is -5.01. The predicted octanol–water partition coefficient (Wildman–Crippen LogP) is 5.53. The Morgan fingerprint density at radius 1 is 1.09 bits per heavy atom. The number of aromatic nitrogens is 3. The highest BCUT2D eigenvalue weighted by Gasteiger charge is 2.37. The van der Waals surface area contributed by atoms with Crippen LogP contribution in [0, 0.1) is 0 Å². The van der Waals surface area contributed by atoms with E-state index < -0.39 is 46.9 Å². The molecule has 3 aromatic rings. The van der Waals surface area contributed by atoms with Gasteiger partial charge in [-0.15, -0.1) is 5.10 Å². The summed E-state index contributed by atoms with van der Waals surface area (Å²) in [5.74, 6) is -1.14. The van der Waals surface area contributed by atoms with Crippen LogP contribution < -0.4 is 0 Å². The Bertz CT molecular complexity index is 1100. The van der Waals surface area contributed by atoms with Gasteiger partial charge in [0.2, 0.25) is 0 Å². The fraction of sp³-hybridized carbons (Fsp3) is 0.250. The Balaban J connectivity index is 2.05. The van der Waals surface area contributed by atoms with E-state index in [-0.39, 0.29) is 11.6 Å². The standard InChI is InChI=1S/C20H15F6N3O3/c1-11(2)32-18(30)16(12-3-4-31-9-12)8-29-10-27-17(28-29)13-5-14(19(21,22)23)7-15(6-13)20(24,25)26/h3-11H,1-2H3. The number of benzene rings is 1. The van der Waals surface area contributed by atoms with Crippen molar-refractivity contribution < 1.29 is 40.3 Å². The second-order valence-corrected chi connectivity index (χ2v) is 6.85. The smallest absolute Gasteiger partial charge is 0.416 e. The van der Waals surface area contributed by atoms with Gasteiger partial charge in [-0.1, -0.05) is 0 Å². The van der Waals surface area contributed by atoms with Gasteiger partial charge in [-0.25, -0.2) is 14.5 Å². The van der Waals surface area contributed by atoms with Crippen molar-refractivity contribution in [3.63, 3.8) is 0 Å². The van der Waals surface area contributed by atoms with Crippen LogP contribution >= 0.6 is 0 Å². The number of carbonyl (C=O) groups excluding carboxylic acids is 1. The van der Waals surface area contributed by atoms with E-state index in [2.05, 4.69) is 10.1 Å². The van der Waals surface area contributed by atoms with E-state index in [1.807, 2.05) is 0 Å². The zero-order valence-electron chi connectivity index (χ0n) is 16.5. The molecular formula is C20H15F6N3O3. The van der Waals surface area contributed by atoms with E-state index >= 15 is 0 Å². The van der Waals surface area contributed by atoms with Crippen LogP contribution in [0.5, 0.6) is 0 Å². The Morgan fingerprint density at radius 3 is 2.22 bits per heavy atom. The van der Waals surface area contributed by atoms with Gasteiger partial charge in [0.15, 0.2) is 5.82 Å². The zero-order chi connectivity index (χ0) is 23.7. The number of carbonyl (C=O) groups is 1. The first-order chi connectivity index (χ1) is 14.8. The minimum absolute atomic E-state index is 0.0103. The lowest BCUT2D eigenvalue weighted by Crippen LogP contribution is -2.13. The average Bonchev–Trinajstić information content (AvgIpc) is 3.35. The molecule has 6 nitrogen and oxygen atoms in total. The van der Waals surface area contributed by atoms with E-state index in [1.165, 1.54) is 24.8 Å². The summed E-state index contributed by atoms with van der Waals surface area (Å²) in [5.41, 5.74) is -3.16. The lowest BCUT2D eigenvalue weighted by atomic mass is 10.0. The molecule has 0 spiro atoms. The molecule has 0 amide bonds. The minimum Gasteiger partial charge on any atom is -0.472 e. The van der Waals surface area contributed by atoms with Crippen LogP contribution in [0.3, 0.4) is 0 Å². The van der Waals surface area contributed by atoms with Gasteiger partial charge in [-0.3, -0.25) is 0 Å². The van der Waals surface area contributed by atoms with Gasteiger partial charge < -0.3 is 9.15 Å². The molecule has 0 saturated heterocycles. The van der Waals surface area contributed by atoms with Crippen LogP contribution in [0.1, 0.15) is 30.5 Å². The van der Waals surface area contributed by atoms with Crippen molar-refractivity contribution in [2.75, 3.05) is 0 Å². The molecule has 0 bridgehead atoms. The summed E-state index contributed by atoms with van der Waals surface area (Å²) in [4.78, 5) is 16.2. The molecule has 0 aliphatic rings. The summed E-state index contributed by atoms with van der Waals surface area (Å²) < 4.78 is 89.6. The van der Waals surface area contributed by atoms with Gasteiger partial charge in [-0.05, 0) is 38.1 Å². The molecular weight excluding hydrogens is 444 g/mol. The molecule has 170 valence electrons. The van der Waals surface area contributed by atoms with Crippen LogP contribution in [0.2, 0.25) is 0 Å². The summed E-state index contributed by atoms with van der Waals surface area (Å²) in [6, 6.07) is 2.51. The molecule has 0 aliphatic heterocycles. The first-order valence-corrected chi connectivity index (χ1v) is 9.01. The SMILES string of the molecule is CC(C)OC(=O)C(=Cn1cnc(-c2cc(C(F)(F)F)cc(C(F)(F)F)c2)n1)c1ccoc1. The fourth-order valence-electron chi connectivity index (χ4n) is 2.63. The van der Waals surface area contributed by atoms with E-state index in [0.717, 1.165) is 11.0 Å². The number of furan rings is 1. The third kappa shape index (κ3) is 5.37. The van der Waals surface area contributed by atoms with Gasteiger partial charge in [-0.2, -0.15) is 26.3 Å². The van der Waals surface area contributed by atoms with Crippen LogP contribution in [-0.2, 0) is 21.9 Å². The number of ether oxygens (including phenoxy) is 1. The van der Waals surface area contributed by atoms with Crippen molar-refractivity contribution in [3.05, 3.63) is 59.8 Å². The Hall–Kier alpha value is -3.57. The monoisotopic (exact) mass is 459 g/mol. The summed E-state index contributed by atoms with van der Waals surface area (Å²) in [5, 5.41) is 3.89. The molecule has 0 aliphatic carbocycles. The summed E-state index contributed by atoms with van der Waals surface area (Å²) in [7, 11) is 0. The van der Waals surface area contributed by atoms with Crippen LogP contribution in [0.25, 0.3) is 23.2 Å². The third-order valence-electron chi connectivity index (χ3n) is 4.01. The van der Waals surface area contributed by atoms with Crippen molar-refractivity contribution >= 4 is 17.7 Å². The summed E-state index contributed by atoms with van der Waals surface area (Å²) in [6.07, 6.45) is -5.69. The maximum atomic E-state index is 13.1. The highest BCUT2D eigenvalue weighted by Crippen LogP contribution is 2.38. The molecule has 3 rings (SSSR count). The van der Waals surface area contributed by atoms with Gasteiger partial charge in [0.25, 0.3) is 0 Å². The first-order valence-electron chi connectivity index (χ1n) is 9.01. The van der Waals surface area contributed by atoms with E-state index in [4.69, 9.17) is 9.15 Å². The molecule has 0 fully saturated rings. The predicted molar refractivity (Wildman–Crippen MR) is 99.6 cm³/mol. The van der Waals surface area contributed by atoms with Crippen molar-refractivity contribution in [1.29, 1.82) is 0 Å². The lowest BCUT2D eigenvalue weighted by Gasteiger charge is -2.13. The molecule has 0 saturated carbocycles. The number of esters is 1. The molecule has 0 atom stereocenters. The van der Waals surface area contributed by atoms with Crippen molar-refractivity contribution in [2.24, 2.45) is 0 Å². The quantitative estimate of drug-likeness (QED) is 0.285. The molecule has 0 radical (unpaired) electrons. The third-order valence-corrected chi connectivity index (χ3v) is 4.01. The van der Waals surface area contributed by atoms with Gasteiger partial charge in [0, 0.05) is 17.3 Å². The largest absolute Gasteiger partial charge is 0.472 e. The van der Waals surface area contributed by atoms with Crippen LogP contribution in [-0.4, -0.2) is 26.8 Å². The average molecular weight is 459 g/mol. The second-order valence-electron chi connectivity index (χ2n) is 6.85. The van der Waals surface area contributed by atoms with Crippen LogP contribution in [0.15, 0.2) is 47.5 Å². The molecule has 0 unspecified atom stereocenters. The van der Waals surface area contributed by atoms with E-state index in [0.29, 0.717) is 17.7 Å².